The first-order chi connectivity index (χ1) is 14.3. The molecule has 1 heterocycles. The summed E-state index contributed by atoms with van der Waals surface area (Å²) in [6.45, 7) is 5.14. The van der Waals surface area contributed by atoms with Gasteiger partial charge in [0.1, 0.15) is 0 Å². The van der Waals surface area contributed by atoms with Crippen LogP contribution in [0.25, 0.3) is 0 Å². The second-order valence-electron chi connectivity index (χ2n) is 8.18. The fourth-order valence-electron chi connectivity index (χ4n) is 4.03. The first kappa shape index (κ1) is 21.4. The Morgan fingerprint density at radius 3 is 2.24 bits per heavy atom. The summed E-state index contributed by atoms with van der Waals surface area (Å²) in [6, 6.07) is 8.78. The van der Waals surface area contributed by atoms with Crippen molar-refractivity contribution in [3.8, 4) is 17.6 Å². The van der Waals surface area contributed by atoms with Crippen molar-refractivity contribution >= 4 is 0 Å². The Bertz CT molecular complexity index is 778. The SMILES string of the molecule is CCCCOc1cnc(C#Cc2ccc(C3CCC(CCCC)CC3)cc2)nc1. The Hall–Kier alpha value is -2.34. The number of rotatable bonds is 8. The van der Waals surface area contributed by atoms with Gasteiger partial charge in [-0.3, -0.25) is 0 Å². The van der Waals surface area contributed by atoms with Gasteiger partial charge in [-0.1, -0.05) is 57.6 Å². The molecule has 1 aromatic heterocycles. The fraction of sp³-hybridized carbons (Fsp3) is 0.538. The summed E-state index contributed by atoms with van der Waals surface area (Å²) in [5.74, 6) is 9.14. The van der Waals surface area contributed by atoms with Crippen LogP contribution in [0.4, 0.5) is 0 Å². The van der Waals surface area contributed by atoms with Crippen molar-refractivity contribution in [2.45, 2.75) is 77.6 Å². The van der Waals surface area contributed by atoms with E-state index in [1.54, 1.807) is 12.4 Å². The molecule has 1 saturated carbocycles. The number of nitrogens with zero attached hydrogens (tertiary/aromatic N) is 2. The molecule has 1 aliphatic rings. The van der Waals surface area contributed by atoms with Gasteiger partial charge in [0.05, 0.1) is 19.0 Å². The van der Waals surface area contributed by atoms with Crippen LogP contribution in [0, 0.1) is 17.8 Å². The minimum absolute atomic E-state index is 0.530. The molecule has 2 aromatic rings. The van der Waals surface area contributed by atoms with Crippen LogP contribution in [-0.2, 0) is 0 Å². The Balaban J connectivity index is 1.51. The molecule has 0 atom stereocenters. The summed E-state index contributed by atoms with van der Waals surface area (Å²) >= 11 is 0. The number of hydrogen-bond acceptors (Lipinski definition) is 3. The molecule has 0 saturated heterocycles. The van der Waals surface area contributed by atoms with Crippen molar-refractivity contribution in [1.29, 1.82) is 0 Å². The first-order valence-electron chi connectivity index (χ1n) is 11.3. The predicted molar refractivity (Wildman–Crippen MR) is 119 cm³/mol. The van der Waals surface area contributed by atoms with E-state index in [2.05, 4.69) is 59.9 Å². The van der Waals surface area contributed by atoms with Crippen molar-refractivity contribution in [3.63, 3.8) is 0 Å². The lowest BCUT2D eigenvalue weighted by Gasteiger charge is -2.28. The van der Waals surface area contributed by atoms with Crippen LogP contribution in [0.5, 0.6) is 5.75 Å². The standard InChI is InChI=1S/C26H34N2O/c1-3-5-7-21-8-13-23(14-9-21)24-15-10-22(11-16-24)12-17-26-27-19-25(20-28-26)29-18-6-4-2/h10-11,15-16,19-21,23H,3-9,13-14,18H2,1-2H3. The summed E-state index contributed by atoms with van der Waals surface area (Å²) in [5, 5.41) is 0. The molecule has 3 nitrogen and oxygen atoms in total. The van der Waals surface area contributed by atoms with Gasteiger partial charge in [-0.25, -0.2) is 9.97 Å². The molecule has 0 unspecified atom stereocenters. The Kier molecular flexibility index (Phi) is 8.56. The van der Waals surface area contributed by atoms with Crippen molar-refractivity contribution < 1.29 is 4.74 Å². The zero-order valence-corrected chi connectivity index (χ0v) is 18.0. The fourth-order valence-corrected chi connectivity index (χ4v) is 4.03. The highest BCUT2D eigenvalue weighted by Gasteiger charge is 2.21. The van der Waals surface area contributed by atoms with Crippen molar-refractivity contribution in [3.05, 3.63) is 53.6 Å². The normalized spacial score (nSPS) is 18.7. The molecule has 0 N–H and O–H groups in total. The monoisotopic (exact) mass is 390 g/mol. The average molecular weight is 391 g/mol. The summed E-state index contributed by atoms with van der Waals surface area (Å²) < 4.78 is 5.59. The van der Waals surface area contributed by atoms with Gasteiger partial charge in [0, 0.05) is 5.56 Å². The summed E-state index contributed by atoms with van der Waals surface area (Å²) in [5.41, 5.74) is 2.48. The van der Waals surface area contributed by atoms with Crippen LogP contribution in [0.2, 0.25) is 0 Å². The van der Waals surface area contributed by atoms with Gasteiger partial charge in [0.25, 0.3) is 0 Å². The number of aromatic nitrogens is 2. The van der Waals surface area contributed by atoms with Gasteiger partial charge >= 0.3 is 0 Å². The lowest BCUT2D eigenvalue weighted by Crippen LogP contribution is -2.13. The number of benzene rings is 1. The van der Waals surface area contributed by atoms with E-state index in [1.807, 2.05) is 0 Å². The van der Waals surface area contributed by atoms with Crippen molar-refractivity contribution in [2.24, 2.45) is 5.92 Å². The van der Waals surface area contributed by atoms with Crippen LogP contribution in [0.3, 0.4) is 0 Å². The molecule has 3 heteroatoms. The van der Waals surface area contributed by atoms with Gasteiger partial charge in [-0.15, -0.1) is 0 Å². The molecule has 1 aromatic carbocycles. The lowest BCUT2D eigenvalue weighted by molar-refractivity contribution is 0.304. The van der Waals surface area contributed by atoms with E-state index in [9.17, 15) is 0 Å². The summed E-state index contributed by atoms with van der Waals surface area (Å²) in [6.07, 6.45) is 15.1. The second-order valence-corrected chi connectivity index (χ2v) is 8.18. The van der Waals surface area contributed by atoms with Crippen molar-refractivity contribution in [2.75, 3.05) is 6.61 Å². The van der Waals surface area contributed by atoms with Crippen LogP contribution in [0.15, 0.2) is 36.7 Å². The topological polar surface area (TPSA) is 35.0 Å². The van der Waals surface area contributed by atoms with E-state index in [0.29, 0.717) is 18.2 Å². The Morgan fingerprint density at radius 2 is 1.59 bits per heavy atom. The third-order valence-corrected chi connectivity index (χ3v) is 5.91. The Morgan fingerprint density at radius 1 is 0.897 bits per heavy atom. The maximum atomic E-state index is 5.59. The van der Waals surface area contributed by atoms with Gasteiger partial charge in [-0.05, 0) is 67.6 Å². The van der Waals surface area contributed by atoms with E-state index in [4.69, 9.17) is 4.74 Å². The maximum Gasteiger partial charge on any atom is 0.205 e. The van der Waals surface area contributed by atoms with E-state index in [1.165, 1.54) is 50.5 Å². The van der Waals surface area contributed by atoms with Crippen LogP contribution < -0.4 is 4.74 Å². The largest absolute Gasteiger partial charge is 0.490 e. The maximum absolute atomic E-state index is 5.59. The molecule has 3 rings (SSSR count). The molecule has 1 aliphatic carbocycles. The minimum atomic E-state index is 0.530. The Labute approximate surface area is 176 Å². The molecule has 0 spiro atoms. The van der Waals surface area contributed by atoms with E-state index >= 15 is 0 Å². The summed E-state index contributed by atoms with van der Waals surface area (Å²) in [4.78, 5) is 8.56. The van der Waals surface area contributed by atoms with E-state index in [0.717, 1.165) is 30.2 Å². The quantitative estimate of drug-likeness (QED) is 0.380. The number of hydrogen-bond donors (Lipinski definition) is 0. The molecule has 1 fully saturated rings. The van der Waals surface area contributed by atoms with Crippen LogP contribution in [0.1, 0.15) is 94.5 Å². The van der Waals surface area contributed by atoms with Crippen LogP contribution in [-0.4, -0.2) is 16.6 Å². The minimum Gasteiger partial charge on any atom is -0.490 e. The molecular weight excluding hydrogens is 356 g/mol. The third kappa shape index (κ3) is 6.89. The molecule has 29 heavy (non-hydrogen) atoms. The summed E-state index contributed by atoms with van der Waals surface area (Å²) in [7, 11) is 0. The highest BCUT2D eigenvalue weighted by Crippen LogP contribution is 2.37. The lowest BCUT2D eigenvalue weighted by atomic mass is 9.77. The smallest absolute Gasteiger partial charge is 0.205 e. The average Bonchev–Trinajstić information content (AvgIpc) is 2.78. The zero-order valence-electron chi connectivity index (χ0n) is 18.0. The molecular formula is C26H34N2O. The van der Waals surface area contributed by atoms with Crippen LogP contribution >= 0.6 is 0 Å². The third-order valence-electron chi connectivity index (χ3n) is 5.91. The van der Waals surface area contributed by atoms with Gasteiger partial charge in [0.2, 0.25) is 5.82 Å². The van der Waals surface area contributed by atoms with E-state index in [-0.39, 0.29) is 0 Å². The van der Waals surface area contributed by atoms with E-state index < -0.39 is 0 Å². The zero-order chi connectivity index (χ0) is 20.3. The number of ether oxygens (including phenoxy) is 1. The molecule has 0 radical (unpaired) electrons. The molecule has 154 valence electrons. The van der Waals surface area contributed by atoms with Gasteiger partial charge in [0.15, 0.2) is 5.75 Å². The van der Waals surface area contributed by atoms with Gasteiger partial charge < -0.3 is 4.74 Å². The molecule has 0 amide bonds. The highest BCUT2D eigenvalue weighted by atomic mass is 16.5. The number of unbranched alkanes of at least 4 members (excludes halogenated alkanes) is 2. The first-order valence-corrected chi connectivity index (χ1v) is 11.3. The highest BCUT2D eigenvalue weighted by molar-refractivity contribution is 5.40. The second kappa shape index (κ2) is 11.6. The molecule has 0 bridgehead atoms. The predicted octanol–water partition coefficient (Wildman–Crippen LogP) is 6.52. The van der Waals surface area contributed by atoms with Crippen molar-refractivity contribution in [1.82, 2.24) is 9.97 Å². The molecule has 0 aliphatic heterocycles. The van der Waals surface area contributed by atoms with Gasteiger partial charge in [-0.2, -0.15) is 0 Å².